The Hall–Kier alpha value is -2.70. The van der Waals surface area contributed by atoms with Gasteiger partial charge in [-0.3, -0.25) is 4.99 Å². The molecule has 142 valence electrons. The number of aromatic nitrogens is 1. The first-order valence-corrected chi connectivity index (χ1v) is 8.89. The standard InChI is InChI=1S/C19H28N4O3/c1-5-17-16(18(6-2)26-23-17)13-22-19(20-3)21-11-12-25-15-9-7-14(24-4)8-10-15/h7-10H,5-6,11-13H2,1-4H3,(H2,20,21,22). The molecule has 0 fully saturated rings. The minimum atomic E-state index is 0.528. The van der Waals surface area contributed by atoms with E-state index in [-0.39, 0.29) is 0 Å². The van der Waals surface area contributed by atoms with E-state index in [2.05, 4.69) is 34.6 Å². The van der Waals surface area contributed by atoms with Crippen molar-refractivity contribution in [1.29, 1.82) is 0 Å². The molecule has 0 amide bonds. The minimum Gasteiger partial charge on any atom is -0.497 e. The smallest absolute Gasteiger partial charge is 0.191 e. The van der Waals surface area contributed by atoms with E-state index in [1.165, 1.54) is 0 Å². The van der Waals surface area contributed by atoms with Crippen molar-refractivity contribution < 1.29 is 14.0 Å². The number of guanidine groups is 1. The van der Waals surface area contributed by atoms with Gasteiger partial charge in [-0.15, -0.1) is 0 Å². The van der Waals surface area contributed by atoms with Gasteiger partial charge in [-0.1, -0.05) is 19.0 Å². The highest BCUT2D eigenvalue weighted by atomic mass is 16.5. The fraction of sp³-hybridized carbons (Fsp3) is 0.474. The molecule has 0 saturated carbocycles. The molecule has 0 unspecified atom stereocenters. The van der Waals surface area contributed by atoms with Gasteiger partial charge in [0, 0.05) is 25.6 Å². The summed E-state index contributed by atoms with van der Waals surface area (Å²) in [6.07, 6.45) is 1.67. The lowest BCUT2D eigenvalue weighted by molar-refractivity contribution is 0.321. The van der Waals surface area contributed by atoms with Gasteiger partial charge in [-0.25, -0.2) is 0 Å². The van der Waals surface area contributed by atoms with Crippen LogP contribution in [0, 0.1) is 0 Å². The van der Waals surface area contributed by atoms with Crippen molar-refractivity contribution in [3.8, 4) is 11.5 Å². The Kier molecular flexibility index (Phi) is 7.79. The second kappa shape index (κ2) is 10.3. The van der Waals surface area contributed by atoms with Crippen LogP contribution in [0.2, 0.25) is 0 Å². The summed E-state index contributed by atoms with van der Waals surface area (Å²) in [6.45, 7) is 5.93. The van der Waals surface area contributed by atoms with Crippen molar-refractivity contribution in [2.75, 3.05) is 27.3 Å². The van der Waals surface area contributed by atoms with Gasteiger partial charge in [0.25, 0.3) is 0 Å². The average Bonchev–Trinajstić information content (AvgIpc) is 3.09. The molecule has 0 saturated heterocycles. The third-order valence-electron chi connectivity index (χ3n) is 3.99. The van der Waals surface area contributed by atoms with Crippen LogP contribution in [0.4, 0.5) is 0 Å². The summed E-state index contributed by atoms with van der Waals surface area (Å²) in [6, 6.07) is 7.52. The first kappa shape index (κ1) is 19.6. The molecule has 7 heteroatoms. The maximum absolute atomic E-state index is 5.70. The maximum atomic E-state index is 5.70. The Balaban J connectivity index is 1.76. The van der Waals surface area contributed by atoms with E-state index in [1.54, 1.807) is 14.2 Å². The molecule has 0 aliphatic carbocycles. The van der Waals surface area contributed by atoms with E-state index in [9.17, 15) is 0 Å². The summed E-state index contributed by atoms with van der Waals surface area (Å²) >= 11 is 0. The second-order valence-corrected chi connectivity index (χ2v) is 5.61. The minimum absolute atomic E-state index is 0.528. The summed E-state index contributed by atoms with van der Waals surface area (Å²) < 4.78 is 16.2. The Bertz CT molecular complexity index is 674. The van der Waals surface area contributed by atoms with Crippen molar-refractivity contribution in [2.45, 2.75) is 33.2 Å². The molecule has 1 heterocycles. The molecule has 0 bridgehead atoms. The lowest BCUT2D eigenvalue weighted by Crippen LogP contribution is -2.39. The highest BCUT2D eigenvalue weighted by Crippen LogP contribution is 2.17. The van der Waals surface area contributed by atoms with Crippen LogP contribution >= 0.6 is 0 Å². The van der Waals surface area contributed by atoms with Crippen LogP contribution in [-0.4, -0.2) is 38.4 Å². The molecule has 2 rings (SSSR count). The molecule has 2 N–H and O–H groups in total. The van der Waals surface area contributed by atoms with Gasteiger partial charge in [-0.2, -0.15) is 0 Å². The fourth-order valence-electron chi connectivity index (χ4n) is 2.54. The van der Waals surface area contributed by atoms with Gasteiger partial charge in [0.2, 0.25) is 0 Å². The second-order valence-electron chi connectivity index (χ2n) is 5.61. The van der Waals surface area contributed by atoms with Crippen LogP contribution in [0.3, 0.4) is 0 Å². The monoisotopic (exact) mass is 360 g/mol. The zero-order valence-electron chi connectivity index (χ0n) is 16.0. The number of aryl methyl sites for hydroxylation is 2. The fourth-order valence-corrected chi connectivity index (χ4v) is 2.54. The van der Waals surface area contributed by atoms with Crippen LogP contribution in [0.5, 0.6) is 11.5 Å². The number of hydrogen-bond donors (Lipinski definition) is 2. The zero-order valence-corrected chi connectivity index (χ0v) is 16.0. The van der Waals surface area contributed by atoms with E-state index in [4.69, 9.17) is 14.0 Å². The molecule has 0 atom stereocenters. The summed E-state index contributed by atoms with van der Waals surface area (Å²) in [5.41, 5.74) is 2.11. The number of ether oxygens (including phenoxy) is 2. The Morgan fingerprint density at radius 2 is 1.85 bits per heavy atom. The van der Waals surface area contributed by atoms with E-state index in [1.807, 2.05) is 24.3 Å². The zero-order chi connectivity index (χ0) is 18.8. The van der Waals surface area contributed by atoms with Crippen molar-refractivity contribution >= 4 is 5.96 Å². The molecule has 7 nitrogen and oxygen atoms in total. The maximum Gasteiger partial charge on any atom is 0.191 e. The highest BCUT2D eigenvalue weighted by molar-refractivity contribution is 5.79. The first-order valence-electron chi connectivity index (χ1n) is 8.89. The third kappa shape index (κ3) is 5.40. The van der Waals surface area contributed by atoms with Crippen LogP contribution < -0.4 is 20.1 Å². The quantitative estimate of drug-likeness (QED) is 0.406. The van der Waals surface area contributed by atoms with E-state index in [0.29, 0.717) is 25.7 Å². The molecular weight excluding hydrogens is 332 g/mol. The number of hydrogen-bond acceptors (Lipinski definition) is 5. The largest absolute Gasteiger partial charge is 0.497 e. The van der Waals surface area contributed by atoms with E-state index >= 15 is 0 Å². The molecule has 1 aromatic carbocycles. The van der Waals surface area contributed by atoms with Crippen LogP contribution in [0.15, 0.2) is 33.8 Å². The van der Waals surface area contributed by atoms with Crippen molar-refractivity contribution in [3.63, 3.8) is 0 Å². The molecule has 0 spiro atoms. The van der Waals surface area contributed by atoms with Crippen molar-refractivity contribution in [2.24, 2.45) is 4.99 Å². The summed E-state index contributed by atoms with van der Waals surface area (Å²) in [5, 5.41) is 10.7. The molecule has 26 heavy (non-hydrogen) atoms. The van der Waals surface area contributed by atoms with E-state index in [0.717, 1.165) is 41.4 Å². The molecule has 2 aromatic rings. The number of aliphatic imine (C=N–C) groups is 1. The van der Waals surface area contributed by atoms with Gasteiger partial charge < -0.3 is 24.6 Å². The summed E-state index contributed by atoms with van der Waals surface area (Å²) in [7, 11) is 3.39. The summed E-state index contributed by atoms with van der Waals surface area (Å²) in [5.74, 6) is 3.26. The number of rotatable bonds is 9. The lowest BCUT2D eigenvalue weighted by Gasteiger charge is -2.13. The van der Waals surface area contributed by atoms with Crippen molar-refractivity contribution in [3.05, 3.63) is 41.3 Å². The third-order valence-corrected chi connectivity index (χ3v) is 3.99. The lowest BCUT2D eigenvalue weighted by atomic mass is 10.1. The first-order chi connectivity index (χ1) is 12.7. The van der Waals surface area contributed by atoms with E-state index < -0.39 is 0 Å². The molecule has 0 aliphatic rings. The Morgan fingerprint density at radius 1 is 1.12 bits per heavy atom. The number of nitrogens with one attached hydrogen (secondary N) is 2. The number of methoxy groups -OCH3 is 1. The van der Waals surface area contributed by atoms with Gasteiger partial charge in [0.15, 0.2) is 5.96 Å². The van der Waals surface area contributed by atoms with Crippen LogP contribution in [0.25, 0.3) is 0 Å². The van der Waals surface area contributed by atoms with Gasteiger partial charge in [0.05, 0.1) is 19.3 Å². The Labute approximate surface area is 154 Å². The highest BCUT2D eigenvalue weighted by Gasteiger charge is 2.13. The van der Waals surface area contributed by atoms with Crippen LogP contribution in [0.1, 0.15) is 30.9 Å². The number of nitrogens with zero attached hydrogens (tertiary/aromatic N) is 2. The predicted molar refractivity (Wildman–Crippen MR) is 102 cm³/mol. The number of benzene rings is 1. The topological polar surface area (TPSA) is 80.9 Å². The normalized spacial score (nSPS) is 11.3. The SMILES string of the molecule is CCc1noc(CC)c1CNC(=NC)NCCOc1ccc(OC)cc1. The average molecular weight is 360 g/mol. The van der Waals surface area contributed by atoms with Gasteiger partial charge >= 0.3 is 0 Å². The van der Waals surface area contributed by atoms with Crippen molar-refractivity contribution in [1.82, 2.24) is 15.8 Å². The molecule has 0 radical (unpaired) electrons. The molecule has 1 aromatic heterocycles. The van der Waals surface area contributed by atoms with Gasteiger partial charge in [-0.05, 0) is 30.7 Å². The van der Waals surface area contributed by atoms with Crippen LogP contribution in [-0.2, 0) is 19.4 Å². The molecular formula is C19H28N4O3. The molecule has 0 aliphatic heterocycles. The Morgan fingerprint density at radius 3 is 2.46 bits per heavy atom. The van der Waals surface area contributed by atoms with Gasteiger partial charge in [0.1, 0.15) is 23.9 Å². The summed E-state index contributed by atoms with van der Waals surface area (Å²) in [4.78, 5) is 4.24. The predicted octanol–water partition coefficient (Wildman–Crippen LogP) is 2.55.